The third-order valence-electron chi connectivity index (χ3n) is 1.96. The molecule has 0 aliphatic heterocycles. The molecule has 0 aliphatic carbocycles. The molecule has 0 bridgehead atoms. The zero-order chi connectivity index (χ0) is 13.3. The van der Waals surface area contributed by atoms with Gasteiger partial charge in [0.25, 0.3) is 0 Å². The normalized spacial score (nSPS) is 10.1. The Hall–Kier alpha value is -1.84. The second-order valence-corrected chi connectivity index (χ2v) is 2.93. The lowest BCUT2D eigenvalue weighted by molar-refractivity contribution is -0.132. The number of nitrogens with zero attached hydrogens (tertiary/aromatic N) is 1. The summed E-state index contributed by atoms with van der Waals surface area (Å²) in [5.74, 6) is -0.508. The fourth-order valence-corrected chi connectivity index (χ4v) is 1.22. The van der Waals surface area contributed by atoms with Crippen LogP contribution in [0.4, 0.5) is 0 Å². The third-order valence-corrected chi connectivity index (χ3v) is 1.96. The average molecular weight is 237 g/mol. The largest absolute Gasteiger partial charge is 0.464 e. The molecule has 4 heteroatoms. The molecule has 0 spiro atoms. The number of rotatable bonds is 3. The molecular formula is C13H19NO3. The summed E-state index contributed by atoms with van der Waals surface area (Å²) < 4.78 is 4.62. The van der Waals surface area contributed by atoms with Crippen molar-refractivity contribution in [1.82, 2.24) is 0 Å². The van der Waals surface area contributed by atoms with Crippen LogP contribution >= 0.6 is 0 Å². The predicted octanol–water partition coefficient (Wildman–Crippen LogP) is 2.54. The van der Waals surface area contributed by atoms with Gasteiger partial charge in [-0.2, -0.15) is 0 Å². The minimum absolute atomic E-state index is 0.179. The number of carbonyl (C=O) groups excluding carboxylic acids is 1. The van der Waals surface area contributed by atoms with Crippen molar-refractivity contribution in [2.75, 3.05) is 14.2 Å². The van der Waals surface area contributed by atoms with E-state index in [1.165, 1.54) is 14.2 Å². The van der Waals surface area contributed by atoms with E-state index in [9.17, 15) is 4.79 Å². The number of oxime groups is 1. The molecule has 0 saturated heterocycles. The molecule has 1 aromatic rings. The maximum absolute atomic E-state index is 11.4. The van der Waals surface area contributed by atoms with Crippen molar-refractivity contribution < 1.29 is 14.4 Å². The summed E-state index contributed by atoms with van der Waals surface area (Å²) in [6.45, 7) is 5.89. The van der Waals surface area contributed by atoms with Gasteiger partial charge in [-0.3, -0.25) is 0 Å². The van der Waals surface area contributed by atoms with Crippen LogP contribution in [0.5, 0.6) is 0 Å². The molecule has 0 aromatic heterocycles. The van der Waals surface area contributed by atoms with Crippen LogP contribution in [0.25, 0.3) is 0 Å². The lowest BCUT2D eigenvalue weighted by Crippen LogP contribution is -2.18. The summed E-state index contributed by atoms with van der Waals surface area (Å²) in [6, 6.07) is 7.41. The predicted molar refractivity (Wildman–Crippen MR) is 68.1 cm³/mol. The molecule has 4 nitrogen and oxygen atoms in total. The molecular weight excluding hydrogens is 218 g/mol. The Morgan fingerprint density at radius 1 is 1.18 bits per heavy atom. The molecule has 0 amide bonds. The smallest absolute Gasteiger partial charge is 0.360 e. The van der Waals surface area contributed by atoms with Gasteiger partial charge in [-0.25, -0.2) is 4.79 Å². The molecule has 0 N–H and O–H groups in total. The van der Waals surface area contributed by atoms with Crippen LogP contribution in [0, 0.1) is 6.92 Å². The number of aryl methyl sites for hydroxylation is 1. The summed E-state index contributed by atoms with van der Waals surface area (Å²) >= 11 is 0. The molecule has 0 heterocycles. The Morgan fingerprint density at radius 3 is 2.24 bits per heavy atom. The highest BCUT2D eigenvalue weighted by molar-refractivity contribution is 6.43. The van der Waals surface area contributed by atoms with E-state index < -0.39 is 5.97 Å². The van der Waals surface area contributed by atoms with Crippen molar-refractivity contribution in [3.8, 4) is 0 Å². The molecule has 0 fully saturated rings. The summed E-state index contributed by atoms with van der Waals surface area (Å²) in [5.41, 5.74) is 1.84. The van der Waals surface area contributed by atoms with Gasteiger partial charge in [-0.05, 0) is 12.5 Å². The van der Waals surface area contributed by atoms with Gasteiger partial charge in [-0.1, -0.05) is 43.3 Å². The van der Waals surface area contributed by atoms with Gasteiger partial charge in [-0.15, -0.1) is 0 Å². The zero-order valence-corrected chi connectivity index (χ0v) is 11.0. The Bertz CT molecular complexity index is 386. The fourth-order valence-electron chi connectivity index (χ4n) is 1.22. The molecule has 0 atom stereocenters. The molecule has 17 heavy (non-hydrogen) atoms. The van der Waals surface area contributed by atoms with Crippen molar-refractivity contribution in [3.05, 3.63) is 35.4 Å². The Labute approximate surface area is 102 Å². The van der Waals surface area contributed by atoms with Crippen molar-refractivity contribution in [1.29, 1.82) is 0 Å². The molecule has 1 rings (SSSR count). The highest BCUT2D eigenvalue weighted by Crippen LogP contribution is 2.09. The van der Waals surface area contributed by atoms with E-state index in [-0.39, 0.29) is 5.71 Å². The number of esters is 1. The quantitative estimate of drug-likeness (QED) is 0.461. The van der Waals surface area contributed by atoms with Crippen molar-refractivity contribution in [2.45, 2.75) is 20.8 Å². The second kappa shape index (κ2) is 8.33. The SMILES string of the molecule is CC.CO/N=C(\C(=O)OC)c1ccccc1C. The van der Waals surface area contributed by atoms with Crippen LogP contribution in [-0.2, 0) is 14.4 Å². The Balaban J connectivity index is 0.00000121. The van der Waals surface area contributed by atoms with Crippen molar-refractivity contribution >= 4 is 11.7 Å². The van der Waals surface area contributed by atoms with E-state index in [2.05, 4.69) is 14.7 Å². The maximum Gasteiger partial charge on any atom is 0.360 e. The second-order valence-electron chi connectivity index (χ2n) is 2.93. The number of methoxy groups -OCH3 is 1. The number of benzene rings is 1. The summed E-state index contributed by atoms with van der Waals surface area (Å²) in [4.78, 5) is 16.0. The van der Waals surface area contributed by atoms with E-state index in [1.807, 2.05) is 39.0 Å². The Morgan fingerprint density at radius 2 is 1.76 bits per heavy atom. The van der Waals surface area contributed by atoms with Crippen LogP contribution in [-0.4, -0.2) is 25.9 Å². The first-order chi connectivity index (χ1) is 8.20. The fraction of sp³-hybridized carbons (Fsp3) is 0.385. The highest BCUT2D eigenvalue weighted by atomic mass is 16.6. The van der Waals surface area contributed by atoms with E-state index in [4.69, 9.17) is 0 Å². The molecule has 1 aromatic carbocycles. The maximum atomic E-state index is 11.4. The van der Waals surface area contributed by atoms with Crippen LogP contribution in [0.2, 0.25) is 0 Å². The number of ether oxygens (including phenoxy) is 1. The number of carbonyl (C=O) groups is 1. The summed E-state index contributed by atoms with van der Waals surface area (Å²) in [6.07, 6.45) is 0. The van der Waals surface area contributed by atoms with Crippen molar-refractivity contribution in [2.24, 2.45) is 5.16 Å². The van der Waals surface area contributed by atoms with Crippen LogP contribution in [0.3, 0.4) is 0 Å². The van der Waals surface area contributed by atoms with Gasteiger partial charge < -0.3 is 9.57 Å². The number of hydrogen-bond acceptors (Lipinski definition) is 4. The first-order valence-corrected chi connectivity index (χ1v) is 5.46. The van der Waals surface area contributed by atoms with E-state index >= 15 is 0 Å². The third kappa shape index (κ3) is 4.26. The monoisotopic (exact) mass is 237 g/mol. The first kappa shape index (κ1) is 15.2. The van der Waals surface area contributed by atoms with E-state index in [1.54, 1.807) is 6.07 Å². The highest BCUT2D eigenvalue weighted by Gasteiger charge is 2.16. The molecule has 0 unspecified atom stereocenters. The standard InChI is InChI=1S/C11H13NO3.C2H6/c1-8-6-4-5-7-9(8)10(12-15-3)11(13)14-2;1-2/h4-7H,1-3H3;1-2H3/b12-10-;. The zero-order valence-electron chi connectivity index (χ0n) is 11.0. The van der Waals surface area contributed by atoms with Gasteiger partial charge >= 0.3 is 5.97 Å². The first-order valence-electron chi connectivity index (χ1n) is 5.46. The molecule has 94 valence electrons. The lowest BCUT2D eigenvalue weighted by Gasteiger charge is -2.06. The van der Waals surface area contributed by atoms with Gasteiger partial charge in [0.15, 0.2) is 5.71 Å². The molecule has 0 saturated carbocycles. The number of hydrogen-bond donors (Lipinski definition) is 0. The minimum atomic E-state index is -0.508. The van der Waals surface area contributed by atoms with Gasteiger partial charge in [0.05, 0.1) is 7.11 Å². The topological polar surface area (TPSA) is 47.9 Å². The average Bonchev–Trinajstić information content (AvgIpc) is 2.38. The summed E-state index contributed by atoms with van der Waals surface area (Å²) in [5, 5.41) is 3.67. The van der Waals surface area contributed by atoms with Gasteiger partial charge in [0, 0.05) is 5.56 Å². The van der Waals surface area contributed by atoms with Gasteiger partial charge in [0.1, 0.15) is 7.11 Å². The van der Waals surface area contributed by atoms with E-state index in [0.29, 0.717) is 5.56 Å². The van der Waals surface area contributed by atoms with Crippen LogP contribution < -0.4 is 0 Å². The lowest BCUT2D eigenvalue weighted by atomic mass is 10.0. The van der Waals surface area contributed by atoms with Crippen LogP contribution in [0.1, 0.15) is 25.0 Å². The molecule has 0 aliphatic rings. The van der Waals surface area contributed by atoms with Crippen LogP contribution in [0.15, 0.2) is 29.4 Å². The van der Waals surface area contributed by atoms with E-state index in [0.717, 1.165) is 5.56 Å². The minimum Gasteiger partial charge on any atom is -0.464 e. The molecule has 0 radical (unpaired) electrons. The summed E-state index contributed by atoms with van der Waals surface area (Å²) in [7, 11) is 2.70. The Kier molecular flexibility index (Phi) is 7.43. The van der Waals surface area contributed by atoms with Crippen molar-refractivity contribution in [3.63, 3.8) is 0 Å². The van der Waals surface area contributed by atoms with Gasteiger partial charge in [0.2, 0.25) is 0 Å².